The Kier molecular flexibility index (Phi) is 4.52. The molecule has 2 aromatic carbocycles. The predicted octanol–water partition coefficient (Wildman–Crippen LogP) is 4.96. The number of benzene rings is 2. The first kappa shape index (κ1) is 15.1. The molecule has 0 bridgehead atoms. The van der Waals surface area contributed by atoms with E-state index in [1.165, 1.54) is 33.4 Å². The van der Waals surface area contributed by atoms with Crippen LogP contribution in [-0.4, -0.2) is 7.05 Å². The molecule has 1 N–H and O–H groups in total. The minimum Gasteiger partial charge on any atom is -0.316 e. The van der Waals surface area contributed by atoms with E-state index in [0.29, 0.717) is 0 Å². The summed E-state index contributed by atoms with van der Waals surface area (Å²) in [4.78, 5) is 0. The molecule has 0 heterocycles. The molecule has 0 atom stereocenters. The van der Waals surface area contributed by atoms with Crippen molar-refractivity contribution < 1.29 is 0 Å². The summed E-state index contributed by atoms with van der Waals surface area (Å²) in [6.07, 6.45) is 0. The molecular weight excluding hydrogens is 266 g/mol. The third-order valence-corrected chi connectivity index (χ3v) is 4.44. The minimum absolute atomic E-state index is 0.787. The maximum atomic E-state index is 6.26. The van der Waals surface area contributed by atoms with Gasteiger partial charge in [-0.15, -0.1) is 0 Å². The van der Waals surface area contributed by atoms with Gasteiger partial charge in [-0.05, 0) is 85.8 Å². The predicted molar refractivity (Wildman–Crippen MR) is 88.6 cm³/mol. The molecule has 0 aliphatic rings. The van der Waals surface area contributed by atoms with Gasteiger partial charge in [-0.2, -0.15) is 0 Å². The fourth-order valence-corrected chi connectivity index (χ4v) is 2.89. The van der Waals surface area contributed by atoms with Gasteiger partial charge in [-0.25, -0.2) is 0 Å². The van der Waals surface area contributed by atoms with E-state index in [2.05, 4.69) is 51.2 Å². The van der Waals surface area contributed by atoms with E-state index in [0.717, 1.165) is 17.1 Å². The second kappa shape index (κ2) is 5.99. The van der Waals surface area contributed by atoms with E-state index in [1.54, 1.807) is 0 Å². The molecule has 106 valence electrons. The maximum absolute atomic E-state index is 6.26. The van der Waals surface area contributed by atoms with Crippen molar-refractivity contribution in [2.45, 2.75) is 34.2 Å². The maximum Gasteiger partial charge on any atom is 0.0451 e. The second-order valence-corrected chi connectivity index (χ2v) is 5.88. The average Bonchev–Trinajstić information content (AvgIpc) is 2.40. The Bertz CT molecular complexity index is 618. The molecule has 0 amide bonds. The monoisotopic (exact) mass is 287 g/mol. The van der Waals surface area contributed by atoms with Crippen LogP contribution < -0.4 is 5.32 Å². The highest BCUT2D eigenvalue weighted by molar-refractivity contribution is 6.31. The van der Waals surface area contributed by atoms with Crippen molar-refractivity contribution in [3.63, 3.8) is 0 Å². The zero-order valence-electron chi connectivity index (χ0n) is 12.9. The lowest BCUT2D eigenvalue weighted by Crippen LogP contribution is -2.06. The van der Waals surface area contributed by atoms with Crippen LogP contribution in [0.25, 0.3) is 11.1 Å². The first-order valence-electron chi connectivity index (χ1n) is 6.96. The normalized spacial score (nSPS) is 10.9. The summed E-state index contributed by atoms with van der Waals surface area (Å²) in [5, 5.41) is 3.99. The lowest BCUT2D eigenvalue weighted by Gasteiger charge is -2.17. The van der Waals surface area contributed by atoms with E-state index in [4.69, 9.17) is 11.6 Å². The van der Waals surface area contributed by atoms with Crippen molar-refractivity contribution in [3.8, 4) is 11.1 Å². The molecule has 0 fully saturated rings. The van der Waals surface area contributed by atoms with Crippen molar-refractivity contribution in [1.29, 1.82) is 0 Å². The van der Waals surface area contributed by atoms with E-state index < -0.39 is 0 Å². The van der Waals surface area contributed by atoms with Crippen molar-refractivity contribution >= 4 is 11.6 Å². The van der Waals surface area contributed by atoms with Crippen molar-refractivity contribution in [2.24, 2.45) is 0 Å². The number of halogens is 1. The van der Waals surface area contributed by atoms with E-state index in [1.807, 2.05) is 13.1 Å². The van der Waals surface area contributed by atoms with Crippen LogP contribution in [0.5, 0.6) is 0 Å². The smallest absolute Gasteiger partial charge is 0.0451 e. The van der Waals surface area contributed by atoms with Crippen LogP contribution >= 0.6 is 11.6 Å². The van der Waals surface area contributed by atoms with Crippen LogP contribution in [0.15, 0.2) is 24.3 Å². The summed E-state index contributed by atoms with van der Waals surface area (Å²) >= 11 is 6.26. The van der Waals surface area contributed by atoms with Gasteiger partial charge in [0.1, 0.15) is 0 Å². The number of hydrogen-bond donors (Lipinski definition) is 1. The van der Waals surface area contributed by atoms with Gasteiger partial charge in [-0.1, -0.05) is 23.7 Å². The molecule has 0 spiro atoms. The largest absolute Gasteiger partial charge is 0.316 e. The van der Waals surface area contributed by atoms with Crippen LogP contribution in [0.3, 0.4) is 0 Å². The fraction of sp³-hybridized carbons (Fsp3) is 0.333. The summed E-state index contributed by atoms with van der Waals surface area (Å²) in [5.41, 5.74) is 9.13. The molecule has 0 unspecified atom stereocenters. The third kappa shape index (κ3) is 2.74. The molecule has 0 saturated carbocycles. The summed E-state index contributed by atoms with van der Waals surface area (Å²) in [6, 6.07) is 8.58. The van der Waals surface area contributed by atoms with E-state index >= 15 is 0 Å². The van der Waals surface area contributed by atoms with Gasteiger partial charge in [0.2, 0.25) is 0 Å². The third-order valence-electron chi connectivity index (χ3n) is 4.07. The van der Waals surface area contributed by atoms with Crippen LogP contribution in [0.4, 0.5) is 0 Å². The van der Waals surface area contributed by atoms with Crippen LogP contribution in [0.1, 0.15) is 27.8 Å². The summed E-state index contributed by atoms with van der Waals surface area (Å²) in [7, 11) is 1.94. The Morgan fingerprint density at radius 1 is 0.950 bits per heavy atom. The second-order valence-electron chi connectivity index (χ2n) is 5.47. The number of hydrogen-bond acceptors (Lipinski definition) is 1. The van der Waals surface area contributed by atoms with E-state index in [9.17, 15) is 0 Å². The van der Waals surface area contributed by atoms with Gasteiger partial charge in [0, 0.05) is 11.6 Å². The molecule has 0 radical (unpaired) electrons. The van der Waals surface area contributed by atoms with Gasteiger partial charge >= 0.3 is 0 Å². The Morgan fingerprint density at radius 3 is 2.10 bits per heavy atom. The highest BCUT2D eigenvalue weighted by Crippen LogP contribution is 2.33. The molecule has 0 aliphatic carbocycles. The first-order valence-corrected chi connectivity index (χ1v) is 7.34. The van der Waals surface area contributed by atoms with Gasteiger partial charge in [0.15, 0.2) is 0 Å². The lowest BCUT2D eigenvalue weighted by atomic mass is 9.89. The Morgan fingerprint density at radius 2 is 1.55 bits per heavy atom. The van der Waals surface area contributed by atoms with Crippen LogP contribution in [0, 0.1) is 27.7 Å². The minimum atomic E-state index is 0.787. The summed E-state index contributed by atoms with van der Waals surface area (Å²) in [6.45, 7) is 9.54. The number of rotatable bonds is 3. The van der Waals surface area contributed by atoms with Crippen molar-refractivity contribution in [2.75, 3.05) is 7.05 Å². The van der Waals surface area contributed by atoms with Crippen LogP contribution in [-0.2, 0) is 6.54 Å². The Labute approximate surface area is 127 Å². The SMILES string of the molecule is CNCc1cc(-c2c(C)c(C)cc(C)c2C)ccc1Cl. The topological polar surface area (TPSA) is 12.0 Å². The quantitative estimate of drug-likeness (QED) is 0.841. The number of nitrogens with one attached hydrogen (secondary N) is 1. The number of aryl methyl sites for hydroxylation is 2. The molecule has 1 nitrogen and oxygen atoms in total. The van der Waals surface area contributed by atoms with Gasteiger partial charge in [-0.3, -0.25) is 0 Å². The summed E-state index contributed by atoms with van der Waals surface area (Å²) < 4.78 is 0. The Hall–Kier alpha value is -1.31. The zero-order valence-corrected chi connectivity index (χ0v) is 13.7. The molecule has 2 heteroatoms. The molecule has 0 aliphatic heterocycles. The fourth-order valence-electron chi connectivity index (χ4n) is 2.71. The average molecular weight is 288 g/mol. The molecule has 0 saturated heterocycles. The molecular formula is C18H22ClN. The molecule has 2 rings (SSSR count). The highest BCUT2D eigenvalue weighted by Gasteiger charge is 2.12. The van der Waals surface area contributed by atoms with Gasteiger partial charge in [0.25, 0.3) is 0 Å². The highest BCUT2D eigenvalue weighted by atomic mass is 35.5. The van der Waals surface area contributed by atoms with Gasteiger partial charge in [0.05, 0.1) is 0 Å². The standard InChI is InChI=1S/C18H22ClN/c1-11-8-12(2)14(4)18(13(11)3)15-6-7-17(19)16(9-15)10-20-5/h6-9,20H,10H2,1-5H3. The molecule has 20 heavy (non-hydrogen) atoms. The van der Waals surface area contributed by atoms with Gasteiger partial charge < -0.3 is 5.32 Å². The summed E-state index contributed by atoms with van der Waals surface area (Å²) in [5.74, 6) is 0. The van der Waals surface area contributed by atoms with Crippen molar-refractivity contribution in [3.05, 3.63) is 57.1 Å². The van der Waals surface area contributed by atoms with Crippen molar-refractivity contribution in [1.82, 2.24) is 5.32 Å². The van der Waals surface area contributed by atoms with E-state index in [-0.39, 0.29) is 0 Å². The lowest BCUT2D eigenvalue weighted by molar-refractivity contribution is 0.818. The van der Waals surface area contributed by atoms with Crippen LogP contribution in [0.2, 0.25) is 5.02 Å². The molecule has 2 aromatic rings. The zero-order chi connectivity index (χ0) is 14.9. The first-order chi connectivity index (χ1) is 9.45. The molecule has 0 aromatic heterocycles. The Balaban J connectivity index is 2.65.